The number of aliphatic hydroxyl groups excluding tert-OH is 2. The molecule has 0 radical (unpaired) electrons. The van der Waals surface area contributed by atoms with E-state index in [1.807, 2.05) is 6.92 Å². The van der Waals surface area contributed by atoms with Gasteiger partial charge in [-0.15, -0.1) is 0 Å². The lowest BCUT2D eigenvalue weighted by Gasteiger charge is -2.44. The van der Waals surface area contributed by atoms with E-state index in [2.05, 4.69) is 19.1 Å². The average molecular weight is 608 g/mol. The van der Waals surface area contributed by atoms with Gasteiger partial charge in [0, 0.05) is 19.4 Å². The minimum atomic E-state index is -4.29. The molecule has 0 aromatic carbocycles. The third-order valence-electron chi connectivity index (χ3n) is 7.74. The Morgan fingerprint density at radius 1 is 0.732 bits per heavy atom. The van der Waals surface area contributed by atoms with Crippen molar-refractivity contribution in [2.75, 3.05) is 40.5 Å². The SMILES string of the molecule is CCCCCCC/C=C\CCCCCCCCCCCOC[C@@H](O)COP(=O)([O-])C(CCC)[N+](C)(C)CCC(O)O. The Bertz CT molecular complexity index is 660. The lowest BCUT2D eigenvalue weighted by molar-refractivity contribution is -0.905. The molecule has 0 aliphatic rings. The summed E-state index contributed by atoms with van der Waals surface area (Å²) in [6, 6.07) is 0. The van der Waals surface area contributed by atoms with E-state index in [9.17, 15) is 24.8 Å². The lowest BCUT2D eigenvalue weighted by atomic mass is 10.1. The zero-order chi connectivity index (χ0) is 30.8. The van der Waals surface area contributed by atoms with E-state index in [-0.39, 0.29) is 30.7 Å². The normalized spacial score (nSPS) is 15.5. The second kappa shape index (κ2) is 26.1. The summed E-state index contributed by atoms with van der Waals surface area (Å²) in [4.78, 5) is 12.9. The minimum absolute atomic E-state index is 0.0432. The highest BCUT2D eigenvalue weighted by atomic mass is 31.2. The molecule has 0 aromatic heterocycles. The van der Waals surface area contributed by atoms with Crippen LogP contribution in [0.5, 0.6) is 0 Å². The van der Waals surface area contributed by atoms with Crippen LogP contribution in [0.1, 0.15) is 136 Å². The third-order valence-corrected chi connectivity index (χ3v) is 9.86. The fraction of sp³-hybridized carbons (Fsp3) is 0.938. The van der Waals surface area contributed by atoms with Gasteiger partial charge in [-0.2, -0.15) is 0 Å². The average Bonchev–Trinajstić information content (AvgIpc) is 2.92. The number of hydrogen-bond acceptors (Lipinski definition) is 7. The molecule has 3 N–H and O–H groups in total. The van der Waals surface area contributed by atoms with Crippen molar-refractivity contribution in [3.8, 4) is 0 Å². The minimum Gasteiger partial charge on any atom is -0.774 e. The van der Waals surface area contributed by atoms with E-state index in [4.69, 9.17) is 9.26 Å². The molecule has 41 heavy (non-hydrogen) atoms. The maximum absolute atomic E-state index is 12.9. The fourth-order valence-corrected chi connectivity index (χ4v) is 7.10. The first-order chi connectivity index (χ1) is 19.6. The van der Waals surface area contributed by atoms with Gasteiger partial charge >= 0.3 is 0 Å². The highest BCUT2D eigenvalue weighted by Crippen LogP contribution is 2.48. The second-order valence-corrected chi connectivity index (χ2v) is 14.2. The monoisotopic (exact) mass is 607 g/mol. The first-order valence-electron chi connectivity index (χ1n) is 16.6. The van der Waals surface area contributed by atoms with Crippen molar-refractivity contribution in [2.45, 2.75) is 154 Å². The van der Waals surface area contributed by atoms with E-state index in [1.165, 1.54) is 89.9 Å². The number of ether oxygens (including phenoxy) is 1. The summed E-state index contributed by atoms with van der Waals surface area (Å²) in [7, 11) is -0.808. The van der Waals surface area contributed by atoms with Gasteiger partial charge in [0.05, 0.1) is 33.9 Å². The van der Waals surface area contributed by atoms with E-state index in [0.717, 1.165) is 12.8 Å². The fourth-order valence-electron chi connectivity index (χ4n) is 5.09. The van der Waals surface area contributed by atoms with Crippen molar-refractivity contribution < 1.29 is 38.5 Å². The Labute approximate surface area is 252 Å². The van der Waals surface area contributed by atoms with Crippen molar-refractivity contribution >= 4 is 7.60 Å². The molecule has 0 fully saturated rings. The van der Waals surface area contributed by atoms with Crippen LogP contribution in [0.4, 0.5) is 0 Å². The van der Waals surface area contributed by atoms with Gasteiger partial charge in [0.1, 0.15) is 6.10 Å². The standard InChI is InChI=1S/C32H66NO7P/c1-5-7-8-9-10-11-12-13-14-15-16-17-18-19-20-21-22-23-27-39-28-30(34)29-40-41(37,38)31(24-6-2)33(3,4)26-25-32(35)36/h12-13,30-32,34-36H,5-11,14-29H2,1-4H3/b13-12-/t30-,31?/m1/s1. The highest BCUT2D eigenvalue weighted by molar-refractivity contribution is 7.51. The van der Waals surface area contributed by atoms with Crippen LogP contribution < -0.4 is 4.89 Å². The summed E-state index contributed by atoms with van der Waals surface area (Å²) in [6.45, 7) is 4.69. The molecule has 0 amide bonds. The van der Waals surface area contributed by atoms with Crippen LogP contribution in [-0.4, -0.2) is 78.4 Å². The molecule has 0 bridgehead atoms. The zero-order valence-corrected chi connectivity index (χ0v) is 27.9. The first kappa shape index (κ1) is 40.7. The largest absolute Gasteiger partial charge is 0.774 e. The van der Waals surface area contributed by atoms with Gasteiger partial charge < -0.3 is 38.5 Å². The van der Waals surface area contributed by atoms with Gasteiger partial charge in [-0.05, 0) is 38.5 Å². The molecule has 2 unspecified atom stereocenters. The number of allylic oxidation sites excluding steroid dienone is 2. The summed E-state index contributed by atoms with van der Waals surface area (Å²) in [5.41, 5.74) is 0. The third kappa shape index (κ3) is 23.8. The summed E-state index contributed by atoms with van der Waals surface area (Å²) in [5.74, 6) is -0.823. The summed E-state index contributed by atoms with van der Waals surface area (Å²) < 4.78 is 23.7. The van der Waals surface area contributed by atoms with Crippen LogP contribution in [0, 0.1) is 0 Å². The van der Waals surface area contributed by atoms with Crippen LogP contribution in [0.2, 0.25) is 0 Å². The number of hydrogen-bond donors (Lipinski definition) is 3. The number of nitrogens with zero attached hydrogens (tertiary/aromatic N) is 1. The van der Waals surface area contributed by atoms with Crippen molar-refractivity contribution in [3.05, 3.63) is 12.2 Å². The van der Waals surface area contributed by atoms with Crippen LogP contribution in [-0.2, 0) is 13.8 Å². The molecular formula is C32H66NO7P. The van der Waals surface area contributed by atoms with Crippen LogP contribution in [0.25, 0.3) is 0 Å². The summed E-state index contributed by atoms with van der Waals surface area (Å²) in [6.07, 6.45) is 23.6. The molecule has 0 aliphatic carbocycles. The Morgan fingerprint density at radius 2 is 1.24 bits per heavy atom. The van der Waals surface area contributed by atoms with Gasteiger partial charge in [0.25, 0.3) is 0 Å². The Kier molecular flexibility index (Phi) is 25.9. The van der Waals surface area contributed by atoms with E-state index >= 15 is 0 Å². The molecule has 0 spiro atoms. The molecular weight excluding hydrogens is 541 g/mol. The van der Waals surface area contributed by atoms with Crippen LogP contribution >= 0.6 is 7.60 Å². The molecule has 0 heterocycles. The number of unbranched alkanes of at least 4 members (excludes halogenated alkanes) is 14. The predicted octanol–water partition coefficient (Wildman–Crippen LogP) is 6.66. The maximum atomic E-state index is 12.9. The lowest BCUT2D eigenvalue weighted by Crippen LogP contribution is -2.51. The number of rotatable bonds is 30. The number of aliphatic hydroxyl groups is 3. The predicted molar refractivity (Wildman–Crippen MR) is 168 cm³/mol. The molecule has 0 saturated heterocycles. The highest BCUT2D eigenvalue weighted by Gasteiger charge is 2.37. The van der Waals surface area contributed by atoms with Gasteiger partial charge in [-0.3, -0.25) is 0 Å². The molecule has 246 valence electrons. The molecule has 9 heteroatoms. The molecule has 8 nitrogen and oxygen atoms in total. The topological polar surface area (TPSA) is 119 Å². The van der Waals surface area contributed by atoms with Gasteiger partial charge in [0.2, 0.25) is 0 Å². The molecule has 0 aliphatic heterocycles. The van der Waals surface area contributed by atoms with Crippen molar-refractivity contribution in [3.63, 3.8) is 0 Å². The van der Waals surface area contributed by atoms with E-state index in [1.54, 1.807) is 14.1 Å². The molecule has 0 saturated carbocycles. The van der Waals surface area contributed by atoms with Crippen LogP contribution in [0.15, 0.2) is 12.2 Å². The van der Waals surface area contributed by atoms with Crippen molar-refractivity contribution in [1.82, 2.24) is 0 Å². The molecule has 3 atom stereocenters. The van der Waals surface area contributed by atoms with Crippen molar-refractivity contribution in [1.29, 1.82) is 0 Å². The van der Waals surface area contributed by atoms with E-state index in [0.29, 0.717) is 19.4 Å². The Hall–Kier alpha value is -0.310. The van der Waals surface area contributed by atoms with Crippen LogP contribution in [0.3, 0.4) is 0 Å². The van der Waals surface area contributed by atoms with Crippen molar-refractivity contribution in [2.24, 2.45) is 0 Å². The summed E-state index contributed by atoms with van der Waals surface area (Å²) in [5, 5.41) is 28.5. The maximum Gasteiger partial charge on any atom is 0.193 e. The summed E-state index contributed by atoms with van der Waals surface area (Å²) >= 11 is 0. The first-order valence-corrected chi connectivity index (χ1v) is 18.2. The smallest absolute Gasteiger partial charge is 0.193 e. The van der Waals surface area contributed by atoms with Gasteiger partial charge in [0.15, 0.2) is 19.7 Å². The molecule has 0 aromatic rings. The van der Waals surface area contributed by atoms with E-state index < -0.39 is 25.8 Å². The second-order valence-electron chi connectivity index (χ2n) is 12.3. The molecule has 0 rings (SSSR count). The van der Waals surface area contributed by atoms with Gasteiger partial charge in [-0.1, -0.05) is 96.6 Å². The van der Waals surface area contributed by atoms with Gasteiger partial charge in [-0.25, -0.2) is 0 Å². The number of quaternary nitrogens is 1. The quantitative estimate of drug-likeness (QED) is 0.0275. The zero-order valence-electron chi connectivity index (χ0n) is 27.0. The Balaban J connectivity index is 3.79. The Morgan fingerprint density at radius 3 is 1.76 bits per heavy atom.